The van der Waals surface area contributed by atoms with Gasteiger partial charge in [-0.1, -0.05) is 11.6 Å². The first-order valence-electron chi connectivity index (χ1n) is 6.08. The standard InChI is InChI=1S/C14H14ClNO5/c1-14(13(19)21-4)8-6-9(15)7(11(17)20-3)5-10(8)16(2)12(14)18/h5-6H,1-4H3. The zero-order valence-corrected chi connectivity index (χ0v) is 12.8. The van der Waals surface area contributed by atoms with Gasteiger partial charge in [-0.25, -0.2) is 4.79 Å². The second-order valence-corrected chi connectivity index (χ2v) is 5.23. The third-order valence-corrected chi connectivity index (χ3v) is 4.03. The van der Waals surface area contributed by atoms with Crippen molar-refractivity contribution in [2.45, 2.75) is 12.3 Å². The molecule has 1 aromatic carbocycles. The highest BCUT2D eigenvalue weighted by molar-refractivity contribution is 6.34. The number of rotatable bonds is 2. The van der Waals surface area contributed by atoms with Gasteiger partial charge >= 0.3 is 11.9 Å². The fourth-order valence-corrected chi connectivity index (χ4v) is 2.71. The molecule has 0 saturated heterocycles. The summed E-state index contributed by atoms with van der Waals surface area (Å²) in [5.74, 6) is -1.74. The number of carbonyl (C=O) groups excluding carboxylic acids is 3. The lowest BCUT2D eigenvalue weighted by Crippen LogP contribution is -2.43. The monoisotopic (exact) mass is 311 g/mol. The van der Waals surface area contributed by atoms with E-state index in [2.05, 4.69) is 4.74 Å². The molecule has 1 amide bonds. The Morgan fingerprint density at radius 3 is 2.38 bits per heavy atom. The Morgan fingerprint density at radius 1 is 1.24 bits per heavy atom. The summed E-state index contributed by atoms with van der Waals surface area (Å²) in [5.41, 5.74) is -0.513. The van der Waals surface area contributed by atoms with Crippen molar-refractivity contribution in [1.82, 2.24) is 0 Å². The largest absolute Gasteiger partial charge is 0.468 e. The number of amides is 1. The number of carbonyl (C=O) groups is 3. The molecule has 1 atom stereocenters. The third kappa shape index (κ3) is 1.98. The first-order valence-corrected chi connectivity index (χ1v) is 6.45. The van der Waals surface area contributed by atoms with Crippen molar-refractivity contribution in [1.29, 1.82) is 0 Å². The van der Waals surface area contributed by atoms with E-state index in [4.69, 9.17) is 16.3 Å². The number of anilines is 1. The molecule has 1 aliphatic heterocycles. The highest BCUT2D eigenvalue weighted by Gasteiger charge is 2.53. The molecule has 1 unspecified atom stereocenters. The van der Waals surface area contributed by atoms with E-state index in [9.17, 15) is 14.4 Å². The molecule has 1 heterocycles. The minimum absolute atomic E-state index is 0.110. The highest BCUT2D eigenvalue weighted by atomic mass is 35.5. The molecule has 0 fully saturated rings. The third-order valence-electron chi connectivity index (χ3n) is 3.72. The van der Waals surface area contributed by atoms with Gasteiger partial charge in [-0.05, 0) is 19.1 Å². The molecule has 7 heteroatoms. The van der Waals surface area contributed by atoms with Crippen molar-refractivity contribution in [2.75, 3.05) is 26.2 Å². The van der Waals surface area contributed by atoms with Crippen LogP contribution in [0.15, 0.2) is 12.1 Å². The Morgan fingerprint density at radius 2 is 1.86 bits per heavy atom. The quantitative estimate of drug-likeness (QED) is 0.612. The van der Waals surface area contributed by atoms with Crippen LogP contribution >= 0.6 is 11.6 Å². The number of likely N-dealkylation sites (N-methyl/N-ethyl adjacent to an activating group) is 1. The smallest absolute Gasteiger partial charge is 0.339 e. The lowest BCUT2D eigenvalue weighted by molar-refractivity contribution is -0.150. The molecule has 0 aromatic heterocycles. The van der Waals surface area contributed by atoms with Crippen LogP contribution in [-0.4, -0.2) is 39.1 Å². The van der Waals surface area contributed by atoms with Crippen molar-refractivity contribution in [3.05, 3.63) is 28.3 Å². The molecule has 1 aromatic rings. The predicted octanol–water partition coefficient (Wildman–Crippen LogP) is 1.53. The van der Waals surface area contributed by atoms with Gasteiger partial charge in [0.25, 0.3) is 0 Å². The molecule has 21 heavy (non-hydrogen) atoms. The molecule has 2 rings (SSSR count). The second-order valence-electron chi connectivity index (χ2n) is 4.82. The van der Waals surface area contributed by atoms with Crippen molar-refractivity contribution >= 4 is 35.1 Å². The summed E-state index contributed by atoms with van der Waals surface area (Å²) in [6.45, 7) is 1.47. The van der Waals surface area contributed by atoms with Crippen molar-refractivity contribution in [3.8, 4) is 0 Å². The summed E-state index contributed by atoms with van der Waals surface area (Å²) >= 11 is 6.07. The van der Waals surface area contributed by atoms with Crippen molar-refractivity contribution < 1.29 is 23.9 Å². The Balaban J connectivity index is 2.70. The molecule has 6 nitrogen and oxygen atoms in total. The molecule has 0 N–H and O–H groups in total. The number of halogens is 1. The topological polar surface area (TPSA) is 72.9 Å². The van der Waals surface area contributed by atoms with Crippen LogP contribution in [0.3, 0.4) is 0 Å². The van der Waals surface area contributed by atoms with Gasteiger partial charge in [0.15, 0.2) is 5.41 Å². The van der Waals surface area contributed by atoms with Gasteiger partial charge in [-0.2, -0.15) is 0 Å². The predicted molar refractivity (Wildman–Crippen MR) is 75.6 cm³/mol. The number of fused-ring (bicyclic) bond motifs is 1. The molecule has 0 radical (unpaired) electrons. The normalized spacial score (nSPS) is 20.2. The van der Waals surface area contributed by atoms with Gasteiger partial charge < -0.3 is 14.4 Å². The zero-order chi connectivity index (χ0) is 15.9. The Hall–Kier alpha value is -2.08. The fraction of sp³-hybridized carbons (Fsp3) is 0.357. The Labute approximate surface area is 126 Å². The Kier molecular flexibility index (Phi) is 3.67. The molecule has 1 aliphatic rings. The minimum Gasteiger partial charge on any atom is -0.468 e. The number of hydrogen-bond acceptors (Lipinski definition) is 5. The molecule has 112 valence electrons. The van der Waals surface area contributed by atoms with Crippen LogP contribution in [0.5, 0.6) is 0 Å². The van der Waals surface area contributed by atoms with Crippen LogP contribution in [0.25, 0.3) is 0 Å². The average molecular weight is 312 g/mol. The SMILES string of the molecule is COC(=O)c1cc2c(cc1Cl)C(C)(C(=O)OC)C(=O)N2C. The van der Waals surface area contributed by atoms with Gasteiger partial charge in [0.05, 0.1) is 24.8 Å². The molecule has 0 spiro atoms. The van der Waals surface area contributed by atoms with E-state index in [0.717, 1.165) is 0 Å². The van der Waals surface area contributed by atoms with Gasteiger partial charge in [-0.15, -0.1) is 0 Å². The summed E-state index contributed by atoms with van der Waals surface area (Å²) in [5, 5.41) is 0.110. The van der Waals surface area contributed by atoms with Gasteiger partial charge in [0.1, 0.15) is 0 Å². The van der Waals surface area contributed by atoms with E-state index >= 15 is 0 Å². The summed E-state index contributed by atoms with van der Waals surface area (Å²) in [4.78, 5) is 37.4. The maximum absolute atomic E-state index is 12.4. The number of esters is 2. The summed E-state index contributed by atoms with van der Waals surface area (Å²) < 4.78 is 9.37. The average Bonchev–Trinajstić information content (AvgIpc) is 2.67. The van der Waals surface area contributed by atoms with E-state index in [1.807, 2.05) is 0 Å². The van der Waals surface area contributed by atoms with Crippen LogP contribution in [0.2, 0.25) is 5.02 Å². The van der Waals surface area contributed by atoms with E-state index in [0.29, 0.717) is 11.3 Å². The maximum atomic E-state index is 12.4. The van der Waals surface area contributed by atoms with Crippen LogP contribution in [0.4, 0.5) is 5.69 Å². The molecule has 0 aliphatic carbocycles. The highest BCUT2D eigenvalue weighted by Crippen LogP contribution is 2.44. The summed E-state index contributed by atoms with van der Waals surface area (Å²) in [7, 11) is 3.97. The summed E-state index contributed by atoms with van der Waals surface area (Å²) in [6, 6.07) is 2.87. The van der Waals surface area contributed by atoms with E-state index < -0.39 is 23.3 Å². The number of methoxy groups -OCH3 is 2. The molecular formula is C14H14ClNO5. The maximum Gasteiger partial charge on any atom is 0.339 e. The minimum atomic E-state index is -1.48. The van der Waals surface area contributed by atoms with Crippen LogP contribution < -0.4 is 4.90 Å². The number of hydrogen-bond donors (Lipinski definition) is 0. The number of ether oxygens (including phenoxy) is 2. The number of benzene rings is 1. The van der Waals surface area contributed by atoms with Crippen LogP contribution in [-0.2, 0) is 24.5 Å². The summed E-state index contributed by atoms with van der Waals surface area (Å²) in [6.07, 6.45) is 0. The van der Waals surface area contributed by atoms with E-state index in [-0.39, 0.29) is 10.6 Å². The lowest BCUT2D eigenvalue weighted by Gasteiger charge is -2.19. The van der Waals surface area contributed by atoms with Crippen molar-refractivity contribution in [3.63, 3.8) is 0 Å². The fourth-order valence-electron chi connectivity index (χ4n) is 2.47. The van der Waals surface area contributed by atoms with Gasteiger partial charge in [0, 0.05) is 18.3 Å². The first kappa shape index (κ1) is 15.3. The lowest BCUT2D eigenvalue weighted by atomic mass is 9.83. The first-order chi connectivity index (χ1) is 9.78. The molecule has 0 bridgehead atoms. The van der Waals surface area contributed by atoms with Crippen molar-refractivity contribution in [2.24, 2.45) is 0 Å². The van der Waals surface area contributed by atoms with Gasteiger partial charge in [0.2, 0.25) is 5.91 Å². The van der Waals surface area contributed by atoms with Gasteiger partial charge in [-0.3, -0.25) is 9.59 Å². The zero-order valence-electron chi connectivity index (χ0n) is 12.0. The number of nitrogens with zero attached hydrogens (tertiary/aromatic N) is 1. The second kappa shape index (κ2) is 5.04. The molecular weight excluding hydrogens is 298 g/mol. The Bertz CT molecular complexity index is 657. The van der Waals surface area contributed by atoms with Crippen LogP contribution in [0, 0.1) is 0 Å². The van der Waals surface area contributed by atoms with Crippen LogP contribution in [0.1, 0.15) is 22.8 Å². The van der Waals surface area contributed by atoms with E-state index in [1.54, 1.807) is 0 Å². The molecule has 0 saturated carbocycles. The van der Waals surface area contributed by atoms with E-state index in [1.165, 1.54) is 45.2 Å².